The second-order valence-electron chi connectivity index (χ2n) is 6.47. The molecule has 0 aliphatic rings. The standard InChI is InChI=1S/C19H30F3N3O2.HI/c1-4-23-18(24-12-6-5-11-19(20,21)22)25-13-17(26)15-7-9-16(10-8-15)27-14(2)3;/h7-10,14,17,26H,4-6,11-13H2,1-3H3,(H2,23,24,25);1H. The highest BCUT2D eigenvalue weighted by Gasteiger charge is 2.25. The van der Waals surface area contributed by atoms with Gasteiger partial charge < -0.3 is 20.5 Å². The number of nitrogens with one attached hydrogen (secondary N) is 2. The number of aliphatic hydroxyl groups is 1. The summed E-state index contributed by atoms with van der Waals surface area (Å²) in [5, 5.41) is 16.3. The van der Waals surface area contributed by atoms with Crippen LogP contribution >= 0.6 is 24.0 Å². The molecule has 5 nitrogen and oxygen atoms in total. The SMILES string of the molecule is CCNC(=NCC(O)c1ccc(OC(C)C)cc1)NCCCCC(F)(F)F.I. The second-order valence-corrected chi connectivity index (χ2v) is 6.47. The normalized spacial score (nSPS) is 13.1. The van der Waals surface area contributed by atoms with Gasteiger partial charge in [0.15, 0.2) is 5.96 Å². The van der Waals surface area contributed by atoms with Gasteiger partial charge in [-0.2, -0.15) is 13.2 Å². The first kappa shape index (κ1) is 26.8. The van der Waals surface area contributed by atoms with Crippen molar-refractivity contribution in [3.05, 3.63) is 29.8 Å². The molecule has 3 N–H and O–H groups in total. The predicted molar refractivity (Wildman–Crippen MR) is 116 cm³/mol. The first-order valence-corrected chi connectivity index (χ1v) is 9.25. The molecule has 1 atom stereocenters. The largest absolute Gasteiger partial charge is 0.491 e. The number of hydrogen-bond acceptors (Lipinski definition) is 3. The number of rotatable bonds is 10. The van der Waals surface area contributed by atoms with Gasteiger partial charge >= 0.3 is 6.18 Å². The van der Waals surface area contributed by atoms with Crippen molar-refractivity contribution < 1.29 is 23.0 Å². The molecule has 1 aromatic carbocycles. The van der Waals surface area contributed by atoms with Crippen molar-refractivity contribution in [3.63, 3.8) is 0 Å². The van der Waals surface area contributed by atoms with Crippen LogP contribution in [0.25, 0.3) is 0 Å². The lowest BCUT2D eigenvalue weighted by molar-refractivity contribution is -0.135. The number of unbranched alkanes of at least 4 members (excludes halogenated alkanes) is 1. The Morgan fingerprint density at radius 3 is 2.32 bits per heavy atom. The minimum atomic E-state index is -4.11. The van der Waals surface area contributed by atoms with Crippen molar-refractivity contribution in [2.24, 2.45) is 4.99 Å². The van der Waals surface area contributed by atoms with Crippen LogP contribution in [0.5, 0.6) is 5.75 Å². The number of hydrogen-bond donors (Lipinski definition) is 3. The summed E-state index contributed by atoms with van der Waals surface area (Å²) in [6.45, 7) is 6.92. The van der Waals surface area contributed by atoms with Crippen LogP contribution in [0.2, 0.25) is 0 Å². The van der Waals surface area contributed by atoms with Gasteiger partial charge in [0, 0.05) is 19.5 Å². The molecule has 0 bridgehead atoms. The van der Waals surface area contributed by atoms with E-state index < -0.39 is 18.7 Å². The summed E-state index contributed by atoms with van der Waals surface area (Å²) in [5.41, 5.74) is 0.718. The van der Waals surface area contributed by atoms with Crippen molar-refractivity contribution in [1.29, 1.82) is 0 Å². The van der Waals surface area contributed by atoms with Crippen molar-refractivity contribution in [2.75, 3.05) is 19.6 Å². The van der Waals surface area contributed by atoms with Gasteiger partial charge in [-0.1, -0.05) is 12.1 Å². The predicted octanol–water partition coefficient (Wildman–Crippen LogP) is 4.41. The fourth-order valence-corrected chi connectivity index (χ4v) is 2.32. The van der Waals surface area contributed by atoms with Crippen LogP contribution < -0.4 is 15.4 Å². The van der Waals surface area contributed by atoms with Crippen molar-refractivity contribution >= 4 is 29.9 Å². The Balaban J connectivity index is 0.00000729. The van der Waals surface area contributed by atoms with Crippen LogP contribution in [0, 0.1) is 0 Å². The fourth-order valence-electron chi connectivity index (χ4n) is 2.32. The molecule has 0 aromatic heterocycles. The van der Waals surface area contributed by atoms with Crippen LogP contribution in [-0.2, 0) is 0 Å². The number of halogens is 4. The minimum Gasteiger partial charge on any atom is -0.491 e. The topological polar surface area (TPSA) is 65.9 Å². The Bertz CT molecular complexity index is 567. The number of aliphatic hydroxyl groups excluding tert-OH is 1. The van der Waals surface area contributed by atoms with Gasteiger partial charge in [-0.25, -0.2) is 0 Å². The highest BCUT2D eigenvalue weighted by molar-refractivity contribution is 14.0. The highest BCUT2D eigenvalue weighted by Crippen LogP contribution is 2.22. The summed E-state index contributed by atoms with van der Waals surface area (Å²) in [4.78, 5) is 4.30. The lowest BCUT2D eigenvalue weighted by Crippen LogP contribution is -2.38. The number of aliphatic imine (C=N–C) groups is 1. The molecule has 1 unspecified atom stereocenters. The highest BCUT2D eigenvalue weighted by atomic mass is 127. The van der Waals surface area contributed by atoms with E-state index in [4.69, 9.17) is 4.74 Å². The first-order chi connectivity index (χ1) is 12.7. The second kappa shape index (κ2) is 13.9. The molecule has 0 saturated heterocycles. The number of alkyl halides is 3. The summed E-state index contributed by atoms with van der Waals surface area (Å²) in [6, 6.07) is 7.17. The Kier molecular flexibility index (Phi) is 13.3. The molecule has 1 aromatic rings. The summed E-state index contributed by atoms with van der Waals surface area (Å²) in [5.74, 6) is 1.21. The van der Waals surface area contributed by atoms with E-state index in [1.165, 1.54) is 0 Å². The molecule has 0 saturated carbocycles. The smallest absolute Gasteiger partial charge is 0.389 e. The molecule has 0 heterocycles. The van der Waals surface area contributed by atoms with Gasteiger partial charge in [-0.15, -0.1) is 24.0 Å². The molecule has 28 heavy (non-hydrogen) atoms. The Morgan fingerprint density at radius 1 is 1.14 bits per heavy atom. The maximum absolute atomic E-state index is 12.1. The van der Waals surface area contributed by atoms with E-state index in [2.05, 4.69) is 15.6 Å². The average molecular weight is 517 g/mol. The van der Waals surface area contributed by atoms with Gasteiger partial charge in [-0.3, -0.25) is 4.99 Å². The summed E-state index contributed by atoms with van der Waals surface area (Å²) >= 11 is 0. The van der Waals surface area contributed by atoms with Crippen LogP contribution in [0.3, 0.4) is 0 Å². The van der Waals surface area contributed by atoms with Crippen LogP contribution in [0.15, 0.2) is 29.3 Å². The third-order valence-corrected chi connectivity index (χ3v) is 3.58. The molecule has 0 aliphatic heterocycles. The third-order valence-electron chi connectivity index (χ3n) is 3.58. The summed E-state index contributed by atoms with van der Waals surface area (Å²) < 4.78 is 41.9. The zero-order valence-corrected chi connectivity index (χ0v) is 18.9. The Labute approximate surface area is 182 Å². The van der Waals surface area contributed by atoms with E-state index in [1.807, 2.05) is 20.8 Å². The maximum Gasteiger partial charge on any atom is 0.389 e. The molecule has 0 amide bonds. The number of benzene rings is 1. The zero-order chi connectivity index (χ0) is 20.3. The molecular formula is C19H31F3IN3O2. The van der Waals surface area contributed by atoms with Gasteiger partial charge in [0.05, 0.1) is 18.8 Å². The zero-order valence-electron chi connectivity index (χ0n) is 16.6. The maximum atomic E-state index is 12.1. The lowest BCUT2D eigenvalue weighted by Gasteiger charge is -2.14. The molecule has 9 heteroatoms. The summed E-state index contributed by atoms with van der Waals surface area (Å²) in [6.07, 6.45) is -5.13. The minimum absolute atomic E-state index is 0. The van der Waals surface area contributed by atoms with Gasteiger partial charge in [0.2, 0.25) is 0 Å². The van der Waals surface area contributed by atoms with Crippen LogP contribution in [0.4, 0.5) is 13.2 Å². The van der Waals surface area contributed by atoms with Crippen LogP contribution in [-0.4, -0.2) is 43.0 Å². The first-order valence-electron chi connectivity index (χ1n) is 9.25. The van der Waals surface area contributed by atoms with Gasteiger partial charge in [-0.05, 0) is 51.3 Å². The van der Waals surface area contributed by atoms with Gasteiger partial charge in [0.1, 0.15) is 5.75 Å². The third kappa shape index (κ3) is 12.3. The summed E-state index contributed by atoms with van der Waals surface area (Å²) in [7, 11) is 0. The van der Waals surface area contributed by atoms with Crippen molar-refractivity contribution in [3.8, 4) is 5.75 Å². The monoisotopic (exact) mass is 517 g/mol. The molecule has 162 valence electrons. The van der Waals surface area contributed by atoms with Crippen molar-refractivity contribution in [1.82, 2.24) is 10.6 Å². The van der Waals surface area contributed by atoms with E-state index in [0.29, 0.717) is 25.5 Å². The Hall–Kier alpha value is -1.23. The number of guanidine groups is 1. The van der Waals surface area contributed by atoms with E-state index >= 15 is 0 Å². The van der Waals surface area contributed by atoms with Crippen LogP contribution in [0.1, 0.15) is 51.7 Å². The lowest BCUT2D eigenvalue weighted by atomic mass is 10.1. The molecule has 1 rings (SSSR count). The molecule has 0 aliphatic carbocycles. The number of ether oxygens (including phenoxy) is 1. The average Bonchev–Trinajstić information content (AvgIpc) is 2.58. The number of nitrogens with zero attached hydrogens (tertiary/aromatic N) is 1. The van der Waals surface area contributed by atoms with E-state index in [-0.39, 0.29) is 43.0 Å². The molecule has 0 spiro atoms. The molecular weight excluding hydrogens is 486 g/mol. The Morgan fingerprint density at radius 2 is 1.79 bits per heavy atom. The van der Waals surface area contributed by atoms with E-state index in [0.717, 1.165) is 11.3 Å². The molecule has 0 radical (unpaired) electrons. The van der Waals surface area contributed by atoms with Gasteiger partial charge in [0.25, 0.3) is 0 Å². The quantitative estimate of drug-likeness (QED) is 0.186. The van der Waals surface area contributed by atoms with E-state index in [9.17, 15) is 18.3 Å². The van der Waals surface area contributed by atoms with Crippen molar-refractivity contribution in [2.45, 2.75) is 58.4 Å². The molecule has 0 fully saturated rings. The fraction of sp³-hybridized carbons (Fsp3) is 0.632. The van der Waals surface area contributed by atoms with E-state index in [1.54, 1.807) is 24.3 Å².